The molecule has 2 fully saturated rings. The van der Waals surface area contributed by atoms with Crippen LogP contribution < -0.4 is 10.6 Å². The number of ketones is 1. The Morgan fingerprint density at radius 2 is 2.17 bits per heavy atom. The third kappa shape index (κ3) is 4.88. The molecule has 1 saturated heterocycles. The second-order valence-electron chi connectivity index (χ2n) is 6.85. The first-order valence-corrected chi connectivity index (χ1v) is 9.87. The predicted molar refractivity (Wildman–Crippen MR) is 96.0 cm³/mol. The number of hydrogen-bond donors (Lipinski definition) is 2. The van der Waals surface area contributed by atoms with E-state index in [0.29, 0.717) is 32.0 Å². The van der Waals surface area contributed by atoms with Crippen LogP contribution >= 0.6 is 11.3 Å². The van der Waals surface area contributed by atoms with Crippen molar-refractivity contribution in [2.24, 2.45) is 5.92 Å². The number of hydrogen-bond acceptors (Lipinski definition) is 5. The molecule has 6 heteroatoms. The summed E-state index contributed by atoms with van der Waals surface area (Å²) in [5.74, 6) is 0.937. The zero-order valence-electron chi connectivity index (χ0n) is 14.1. The van der Waals surface area contributed by atoms with Crippen molar-refractivity contribution in [2.75, 3.05) is 26.2 Å². The van der Waals surface area contributed by atoms with Gasteiger partial charge in [0.2, 0.25) is 5.91 Å². The molecule has 2 heterocycles. The second-order valence-corrected chi connectivity index (χ2v) is 7.88. The van der Waals surface area contributed by atoms with E-state index in [1.165, 1.54) is 30.6 Å². The van der Waals surface area contributed by atoms with E-state index in [2.05, 4.69) is 16.7 Å². The van der Waals surface area contributed by atoms with Gasteiger partial charge in [-0.3, -0.25) is 9.59 Å². The molecule has 3 rings (SSSR count). The summed E-state index contributed by atoms with van der Waals surface area (Å²) in [5, 5.41) is 8.50. The number of rotatable bonds is 7. The third-order valence-electron chi connectivity index (χ3n) is 5.03. The number of carbonyl (C=O) groups is 2. The molecule has 0 spiro atoms. The number of amides is 1. The Balaban J connectivity index is 1.42. The monoisotopic (exact) mass is 349 g/mol. The van der Waals surface area contributed by atoms with Crippen LogP contribution in [0.3, 0.4) is 0 Å². The zero-order chi connectivity index (χ0) is 16.8. The molecule has 1 aromatic heterocycles. The Hall–Kier alpha value is -1.24. The van der Waals surface area contributed by atoms with Crippen LogP contribution in [0, 0.1) is 5.92 Å². The van der Waals surface area contributed by atoms with Crippen LogP contribution in [0.4, 0.5) is 0 Å². The second kappa shape index (κ2) is 8.74. The lowest BCUT2D eigenvalue weighted by atomic mass is 10.0. The topological polar surface area (TPSA) is 61.4 Å². The van der Waals surface area contributed by atoms with E-state index >= 15 is 0 Å². The van der Waals surface area contributed by atoms with E-state index in [9.17, 15) is 9.59 Å². The van der Waals surface area contributed by atoms with Crippen LogP contribution in [0.15, 0.2) is 17.5 Å². The molecule has 2 aliphatic rings. The van der Waals surface area contributed by atoms with Gasteiger partial charge in [0.05, 0.1) is 12.6 Å². The molecule has 0 unspecified atom stereocenters. The van der Waals surface area contributed by atoms with Gasteiger partial charge < -0.3 is 15.5 Å². The van der Waals surface area contributed by atoms with Gasteiger partial charge in [-0.15, -0.1) is 11.3 Å². The Bertz CT molecular complexity index is 540. The van der Waals surface area contributed by atoms with Crippen molar-refractivity contribution in [3.63, 3.8) is 0 Å². The lowest BCUT2D eigenvalue weighted by Crippen LogP contribution is -2.57. The van der Waals surface area contributed by atoms with Gasteiger partial charge in [-0.05, 0) is 30.2 Å². The van der Waals surface area contributed by atoms with Crippen molar-refractivity contribution in [1.29, 1.82) is 0 Å². The highest BCUT2D eigenvalue weighted by molar-refractivity contribution is 7.09. The minimum atomic E-state index is -0.234. The van der Waals surface area contributed by atoms with Crippen LogP contribution in [-0.2, 0) is 16.1 Å². The molecular weight excluding hydrogens is 322 g/mol. The number of thiophene rings is 1. The quantitative estimate of drug-likeness (QED) is 0.788. The fourth-order valence-electron chi connectivity index (χ4n) is 3.63. The Morgan fingerprint density at radius 1 is 1.33 bits per heavy atom. The van der Waals surface area contributed by atoms with Gasteiger partial charge in [-0.2, -0.15) is 0 Å². The van der Waals surface area contributed by atoms with Crippen molar-refractivity contribution >= 4 is 23.0 Å². The molecular formula is C18H27N3O2S. The molecule has 1 atom stereocenters. The molecule has 1 amide bonds. The maximum atomic E-state index is 12.5. The molecule has 0 aromatic carbocycles. The predicted octanol–water partition coefficient (Wildman–Crippen LogP) is 1.79. The zero-order valence-corrected chi connectivity index (χ0v) is 14.9. The van der Waals surface area contributed by atoms with Crippen LogP contribution in [0.5, 0.6) is 0 Å². The Labute approximate surface area is 147 Å². The maximum absolute atomic E-state index is 12.5. The molecule has 1 aliphatic heterocycles. The molecule has 1 aliphatic carbocycles. The minimum absolute atomic E-state index is 0.143. The summed E-state index contributed by atoms with van der Waals surface area (Å²) in [6, 6.07) is 3.84. The summed E-state index contributed by atoms with van der Waals surface area (Å²) < 4.78 is 0. The fraction of sp³-hybridized carbons (Fsp3) is 0.667. The number of carbonyl (C=O) groups excluding carboxylic acids is 2. The summed E-state index contributed by atoms with van der Waals surface area (Å²) in [4.78, 5) is 28.0. The highest BCUT2D eigenvalue weighted by Crippen LogP contribution is 2.28. The minimum Gasteiger partial charge on any atom is -0.339 e. The summed E-state index contributed by atoms with van der Waals surface area (Å²) in [6.07, 6.45) is 5.56. The van der Waals surface area contributed by atoms with Crippen molar-refractivity contribution in [2.45, 2.75) is 44.7 Å². The first-order chi connectivity index (χ1) is 11.7. The van der Waals surface area contributed by atoms with Crippen molar-refractivity contribution in [1.82, 2.24) is 15.5 Å². The highest BCUT2D eigenvalue weighted by atomic mass is 32.1. The van der Waals surface area contributed by atoms with Crippen LogP contribution in [0.2, 0.25) is 0 Å². The van der Waals surface area contributed by atoms with Gasteiger partial charge in [0.15, 0.2) is 5.78 Å². The molecule has 0 radical (unpaired) electrons. The Morgan fingerprint density at radius 3 is 2.92 bits per heavy atom. The van der Waals surface area contributed by atoms with E-state index in [0.717, 1.165) is 13.1 Å². The summed E-state index contributed by atoms with van der Waals surface area (Å²) in [5.41, 5.74) is 0. The number of nitrogens with zero attached hydrogens (tertiary/aromatic N) is 1. The Kier molecular flexibility index (Phi) is 6.40. The molecule has 0 bridgehead atoms. The standard InChI is InChI=1S/C18H27N3O2S/c22-17(12-19-11-15-6-3-9-24-15)16-13-21(8-7-20-16)18(23)10-14-4-1-2-5-14/h3,6,9,14,16,19-20H,1-2,4-5,7-8,10-13H2/t16-/m0/s1. The van der Waals surface area contributed by atoms with E-state index in [1.807, 2.05) is 16.3 Å². The van der Waals surface area contributed by atoms with E-state index in [-0.39, 0.29) is 17.7 Å². The smallest absolute Gasteiger partial charge is 0.222 e. The fourth-order valence-corrected chi connectivity index (χ4v) is 4.30. The molecule has 132 valence electrons. The van der Waals surface area contributed by atoms with Crippen LogP contribution in [-0.4, -0.2) is 48.8 Å². The number of Topliss-reactive ketones (excluding diaryl/α,β-unsaturated/α-hetero) is 1. The first-order valence-electron chi connectivity index (χ1n) is 8.99. The van der Waals surface area contributed by atoms with Gasteiger partial charge in [0, 0.05) is 37.5 Å². The SMILES string of the molecule is O=C(CNCc1cccs1)[C@@H]1CN(C(=O)CC2CCCC2)CCN1. The molecule has 5 nitrogen and oxygen atoms in total. The van der Waals surface area contributed by atoms with Gasteiger partial charge in [0.25, 0.3) is 0 Å². The van der Waals surface area contributed by atoms with Gasteiger partial charge in [-0.25, -0.2) is 0 Å². The van der Waals surface area contributed by atoms with Crippen LogP contribution in [0.25, 0.3) is 0 Å². The van der Waals surface area contributed by atoms with Gasteiger partial charge >= 0.3 is 0 Å². The number of nitrogens with one attached hydrogen (secondary N) is 2. The van der Waals surface area contributed by atoms with Gasteiger partial charge in [0.1, 0.15) is 0 Å². The summed E-state index contributed by atoms with van der Waals surface area (Å²) >= 11 is 1.69. The molecule has 24 heavy (non-hydrogen) atoms. The maximum Gasteiger partial charge on any atom is 0.222 e. The highest BCUT2D eigenvalue weighted by Gasteiger charge is 2.29. The van der Waals surface area contributed by atoms with E-state index in [1.54, 1.807) is 11.3 Å². The average molecular weight is 350 g/mol. The van der Waals surface area contributed by atoms with Crippen LogP contribution in [0.1, 0.15) is 37.0 Å². The first kappa shape index (κ1) is 17.6. The van der Waals surface area contributed by atoms with Gasteiger partial charge in [-0.1, -0.05) is 18.9 Å². The third-order valence-corrected chi connectivity index (χ3v) is 5.91. The summed E-state index contributed by atoms with van der Waals surface area (Å²) in [6.45, 7) is 3.02. The molecule has 2 N–H and O–H groups in total. The average Bonchev–Trinajstić information content (AvgIpc) is 3.29. The lowest BCUT2D eigenvalue weighted by Gasteiger charge is -2.33. The van der Waals surface area contributed by atoms with Crippen molar-refractivity contribution < 1.29 is 9.59 Å². The lowest BCUT2D eigenvalue weighted by molar-refractivity contribution is -0.134. The van der Waals surface area contributed by atoms with Crippen molar-refractivity contribution in [3.8, 4) is 0 Å². The van der Waals surface area contributed by atoms with Crippen molar-refractivity contribution in [3.05, 3.63) is 22.4 Å². The van der Waals surface area contributed by atoms with E-state index < -0.39 is 0 Å². The normalized spacial score (nSPS) is 22.0. The molecule has 1 saturated carbocycles. The summed E-state index contributed by atoms with van der Waals surface area (Å²) in [7, 11) is 0. The largest absolute Gasteiger partial charge is 0.339 e. The number of piperazine rings is 1. The molecule has 1 aromatic rings. The van der Waals surface area contributed by atoms with E-state index in [4.69, 9.17) is 0 Å².